The highest BCUT2D eigenvalue weighted by atomic mass is 32.2. The van der Waals surface area contributed by atoms with Crippen LogP contribution in [0.2, 0.25) is 0 Å². The lowest BCUT2D eigenvalue weighted by Crippen LogP contribution is -2.17. The van der Waals surface area contributed by atoms with Crippen LogP contribution in [-0.2, 0) is 11.2 Å². The van der Waals surface area contributed by atoms with Gasteiger partial charge in [-0.2, -0.15) is 0 Å². The fraction of sp³-hybridized carbons (Fsp3) is 0.600. The molecule has 1 unspecified atom stereocenters. The van der Waals surface area contributed by atoms with Gasteiger partial charge in [0, 0.05) is 12.6 Å². The third-order valence-electron chi connectivity index (χ3n) is 3.58. The molecule has 0 saturated heterocycles. The second-order valence-electron chi connectivity index (χ2n) is 5.13. The molecule has 0 bridgehead atoms. The molecule has 1 aromatic carbocycles. The van der Waals surface area contributed by atoms with Crippen LogP contribution in [0.4, 0.5) is 0 Å². The molecule has 4 heteroatoms. The fourth-order valence-electron chi connectivity index (χ4n) is 2.50. The maximum atomic E-state index is 11.9. The molecule has 1 atom stereocenters. The molecule has 1 aliphatic rings. The van der Waals surface area contributed by atoms with Crippen molar-refractivity contribution in [2.45, 2.75) is 37.0 Å². The van der Waals surface area contributed by atoms with Gasteiger partial charge in [-0.15, -0.1) is 0 Å². The van der Waals surface area contributed by atoms with Gasteiger partial charge in [0.25, 0.3) is 0 Å². The van der Waals surface area contributed by atoms with Crippen molar-refractivity contribution in [3.63, 3.8) is 0 Å². The van der Waals surface area contributed by atoms with E-state index in [2.05, 4.69) is 0 Å². The second-order valence-corrected chi connectivity index (χ2v) is 6.70. The summed E-state index contributed by atoms with van der Waals surface area (Å²) in [6, 6.07) is 7.60. The predicted molar refractivity (Wildman–Crippen MR) is 78.8 cm³/mol. The highest BCUT2D eigenvalue weighted by molar-refractivity contribution is 7.91. The zero-order chi connectivity index (χ0) is 13.5. The highest BCUT2D eigenvalue weighted by Crippen LogP contribution is 2.25. The van der Waals surface area contributed by atoms with Gasteiger partial charge in [-0.25, -0.2) is 0 Å². The van der Waals surface area contributed by atoms with E-state index in [9.17, 15) is 4.55 Å². The molecule has 0 amide bonds. The van der Waals surface area contributed by atoms with E-state index >= 15 is 0 Å². The Labute approximate surface area is 118 Å². The van der Waals surface area contributed by atoms with Crippen LogP contribution < -0.4 is 10.5 Å². The topological polar surface area (TPSA) is 58.3 Å². The Morgan fingerprint density at radius 1 is 1.26 bits per heavy atom. The van der Waals surface area contributed by atoms with Crippen molar-refractivity contribution in [1.29, 1.82) is 0 Å². The van der Waals surface area contributed by atoms with Crippen molar-refractivity contribution in [3.05, 3.63) is 24.3 Å². The molecule has 0 heterocycles. The van der Waals surface area contributed by atoms with E-state index in [1.54, 1.807) is 0 Å². The fourth-order valence-corrected chi connectivity index (χ4v) is 3.43. The van der Waals surface area contributed by atoms with Gasteiger partial charge in [-0.1, -0.05) is 25.3 Å². The number of nitrogens with two attached hydrogens (primary N) is 1. The number of rotatable bonds is 6. The van der Waals surface area contributed by atoms with Crippen LogP contribution in [0, 0.1) is 5.92 Å². The van der Waals surface area contributed by atoms with Gasteiger partial charge in [-0.3, -0.25) is 0 Å². The normalized spacial score (nSPS) is 18.2. The number of benzene rings is 1. The van der Waals surface area contributed by atoms with Crippen LogP contribution in [0.1, 0.15) is 32.1 Å². The molecule has 0 aromatic heterocycles. The highest BCUT2D eigenvalue weighted by Gasteiger charge is 2.15. The Morgan fingerprint density at radius 2 is 2.05 bits per heavy atom. The maximum absolute atomic E-state index is 11.9. The van der Waals surface area contributed by atoms with E-state index in [0.29, 0.717) is 18.2 Å². The first-order valence-corrected chi connectivity index (χ1v) is 8.43. The second kappa shape index (κ2) is 7.78. The number of ether oxygens (including phenoxy) is 1. The molecule has 3 nitrogen and oxygen atoms in total. The molecule has 106 valence electrons. The van der Waals surface area contributed by atoms with Gasteiger partial charge >= 0.3 is 0 Å². The third kappa shape index (κ3) is 4.71. The summed E-state index contributed by atoms with van der Waals surface area (Å²) in [5.41, 5.74) is 5.44. The molecule has 2 rings (SSSR count). The van der Waals surface area contributed by atoms with Crippen molar-refractivity contribution >= 4 is 11.2 Å². The quantitative estimate of drug-likeness (QED) is 0.816. The number of hydrogen-bond donors (Lipinski definition) is 1. The summed E-state index contributed by atoms with van der Waals surface area (Å²) in [6.07, 6.45) is 6.57. The van der Waals surface area contributed by atoms with E-state index in [1.165, 1.54) is 32.1 Å². The summed E-state index contributed by atoms with van der Waals surface area (Å²) in [7, 11) is 0. The first-order chi connectivity index (χ1) is 9.29. The monoisotopic (exact) mass is 281 g/mol. The minimum atomic E-state index is -1.01. The van der Waals surface area contributed by atoms with E-state index < -0.39 is 11.2 Å². The summed E-state index contributed by atoms with van der Waals surface area (Å²) < 4.78 is 17.7. The summed E-state index contributed by atoms with van der Waals surface area (Å²) in [4.78, 5) is 0.812. The Balaban J connectivity index is 1.87. The van der Waals surface area contributed by atoms with Crippen molar-refractivity contribution in [1.82, 2.24) is 0 Å². The molecule has 0 spiro atoms. The van der Waals surface area contributed by atoms with Crippen LogP contribution >= 0.6 is 0 Å². The zero-order valence-corrected chi connectivity index (χ0v) is 12.2. The van der Waals surface area contributed by atoms with Crippen molar-refractivity contribution < 1.29 is 9.29 Å². The summed E-state index contributed by atoms with van der Waals surface area (Å²) in [6.45, 7) is 1.23. The van der Waals surface area contributed by atoms with E-state index in [0.717, 1.165) is 17.3 Å². The van der Waals surface area contributed by atoms with Gasteiger partial charge in [0.15, 0.2) is 4.90 Å². The predicted octanol–water partition coefficient (Wildman–Crippen LogP) is 2.71. The van der Waals surface area contributed by atoms with Crippen molar-refractivity contribution in [2.24, 2.45) is 11.7 Å². The SMILES string of the molecule is NCC[S+]([O-])c1cccc(OCC2CCCCC2)c1. The first-order valence-electron chi connectivity index (χ1n) is 7.11. The Bertz CT molecular complexity index is 380. The van der Waals surface area contributed by atoms with Crippen LogP contribution in [0.3, 0.4) is 0 Å². The van der Waals surface area contributed by atoms with Crippen LogP contribution in [-0.4, -0.2) is 23.5 Å². The summed E-state index contributed by atoms with van der Waals surface area (Å²) in [5.74, 6) is 2.02. The van der Waals surface area contributed by atoms with Crippen molar-refractivity contribution in [2.75, 3.05) is 18.9 Å². The van der Waals surface area contributed by atoms with E-state index in [1.807, 2.05) is 24.3 Å². The lowest BCUT2D eigenvalue weighted by molar-refractivity contribution is 0.208. The first kappa shape index (κ1) is 14.7. The van der Waals surface area contributed by atoms with Gasteiger partial charge < -0.3 is 15.0 Å². The molecule has 1 saturated carbocycles. The molecule has 1 aliphatic carbocycles. The molecule has 1 aromatic rings. The van der Waals surface area contributed by atoms with Gasteiger partial charge in [-0.05, 0) is 42.1 Å². The Morgan fingerprint density at radius 3 is 2.79 bits per heavy atom. The Kier molecular flexibility index (Phi) is 6.01. The molecule has 0 aliphatic heterocycles. The lowest BCUT2D eigenvalue weighted by Gasteiger charge is -2.21. The maximum Gasteiger partial charge on any atom is 0.156 e. The van der Waals surface area contributed by atoms with Crippen LogP contribution in [0.5, 0.6) is 5.75 Å². The molecule has 2 N–H and O–H groups in total. The minimum absolute atomic E-state index is 0.444. The molecular weight excluding hydrogens is 258 g/mol. The largest absolute Gasteiger partial charge is 0.611 e. The molecular formula is C15H23NO2S. The summed E-state index contributed by atoms with van der Waals surface area (Å²) in [5, 5.41) is 0. The van der Waals surface area contributed by atoms with E-state index in [-0.39, 0.29) is 0 Å². The van der Waals surface area contributed by atoms with Crippen LogP contribution in [0.25, 0.3) is 0 Å². The van der Waals surface area contributed by atoms with Crippen molar-refractivity contribution in [3.8, 4) is 5.75 Å². The average Bonchev–Trinajstić information content (AvgIpc) is 2.47. The van der Waals surface area contributed by atoms with Crippen LogP contribution in [0.15, 0.2) is 29.2 Å². The zero-order valence-electron chi connectivity index (χ0n) is 11.3. The summed E-state index contributed by atoms with van der Waals surface area (Å²) >= 11 is -1.01. The average molecular weight is 281 g/mol. The third-order valence-corrected chi connectivity index (χ3v) is 4.97. The molecule has 19 heavy (non-hydrogen) atoms. The molecule has 0 radical (unpaired) electrons. The standard InChI is InChI=1S/C15H23NO2S/c16-9-10-19(17)15-8-4-7-14(11-15)18-12-13-5-2-1-3-6-13/h4,7-8,11,13H,1-3,5-6,9-10,12,16H2. The lowest BCUT2D eigenvalue weighted by atomic mass is 9.90. The minimum Gasteiger partial charge on any atom is -0.611 e. The van der Waals surface area contributed by atoms with Gasteiger partial charge in [0.05, 0.1) is 6.61 Å². The molecule has 1 fully saturated rings. The van der Waals surface area contributed by atoms with E-state index in [4.69, 9.17) is 10.5 Å². The van der Waals surface area contributed by atoms with Gasteiger partial charge in [0.2, 0.25) is 0 Å². The smallest absolute Gasteiger partial charge is 0.156 e. The van der Waals surface area contributed by atoms with Gasteiger partial charge in [0.1, 0.15) is 11.5 Å². The number of hydrogen-bond acceptors (Lipinski definition) is 3. The Hall–Kier alpha value is -0.710.